The number of hydrogen-bond acceptors (Lipinski definition) is 7. The van der Waals surface area contributed by atoms with E-state index in [2.05, 4.69) is 22.4 Å². The number of hydrogen-bond donors (Lipinski definition) is 2. The summed E-state index contributed by atoms with van der Waals surface area (Å²) in [5.41, 5.74) is 2.22. The second kappa shape index (κ2) is 14.1. The van der Waals surface area contributed by atoms with Gasteiger partial charge in [-0.05, 0) is 31.7 Å². The summed E-state index contributed by atoms with van der Waals surface area (Å²) in [6, 6.07) is 20.1. The van der Waals surface area contributed by atoms with Crippen LogP contribution in [0.2, 0.25) is 0 Å². The minimum Gasteiger partial charge on any atom is -0.385 e. The molecule has 1 saturated heterocycles. The molecule has 43 heavy (non-hydrogen) atoms. The van der Waals surface area contributed by atoms with E-state index in [1.54, 1.807) is 23.9 Å². The van der Waals surface area contributed by atoms with E-state index in [4.69, 9.17) is 9.72 Å². The predicted molar refractivity (Wildman–Crippen MR) is 172 cm³/mol. The molecule has 4 atom stereocenters. The number of nitrogens with one attached hydrogen (secondary N) is 1. The van der Waals surface area contributed by atoms with Gasteiger partial charge in [-0.3, -0.25) is 4.79 Å². The fourth-order valence-electron chi connectivity index (χ4n) is 6.41. The van der Waals surface area contributed by atoms with Crippen LogP contribution in [0.25, 0.3) is 11.3 Å². The molecule has 228 valence electrons. The third-order valence-corrected chi connectivity index (χ3v) is 9.58. The van der Waals surface area contributed by atoms with Gasteiger partial charge in [0.05, 0.1) is 24.7 Å². The number of imidazole rings is 1. The quantitative estimate of drug-likeness (QED) is 0.249. The standard InChI is InChI=1S/C33H39N5O3S.ClH/c1-24(31-35-17-19-42-31)41-22-33(40)15-9-8-14-28(33)38-23-36-29(30(38)26-12-6-3-7-13-26)32(39)37-18-16-34-21-27(37)20-25-10-4-2-5-11-25;/h2-7,10-13,17,19,23-24,27-28,34,40H,8-9,14-16,18,20-22H2,1H3;1H/t24?,27-,28+,33+;/m1./s1. The second-order valence-corrected chi connectivity index (χ2v) is 12.4. The molecule has 1 aliphatic heterocycles. The van der Waals surface area contributed by atoms with Crippen molar-refractivity contribution in [2.45, 2.75) is 62.8 Å². The van der Waals surface area contributed by atoms with Crippen molar-refractivity contribution in [2.24, 2.45) is 0 Å². The number of nitrogens with zero attached hydrogens (tertiary/aromatic N) is 4. The Hall–Kier alpha value is -3.08. The van der Waals surface area contributed by atoms with Crippen LogP contribution in [0.4, 0.5) is 0 Å². The number of aliphatic hydroxyl groups is 1. The monoisotopic (exact) mass is 621 g/mol. The molecule has 3 heterocycles. The molecule has 2 aromatic carbocycles. The number of amides is 1. The van der Waals surface area contributed by atoms with Gasteiger partial charge in [-0.15, -0.1) is 23.7 Å². The number of carbonyl (C=O) groups excluding carboxylic acids is 1. The Morgan fingerprint density at radius 2 is 1.91 bits per heavy atom. The molecule has 0 bridgehead atoms. The van der Waals surface area contributed by atoms with Crippen LogP contribution >= 0.6 is 23.7 Å². The maximum absolute atomic E-state index is 14.3. The molecule has 2 aromatic heterocycles. The average Bonchev–Trinajstić information content (AvgIpc) is 3.72. The molecule has 6 rings (SSSR count). The highest BCUT2D eigenvalue weighted by atomic mass is 35.5. The van der Waals surface area contributed by atoms with Gasteiger partial charge >= 0.3 is 0 Å². The van der Waals surface area contributed by atoms with Crippen LogP contribution in [0.1, 0.15) is 65.8 Å². The molecule has 1 unspecified atom stereocenters. The number of halogens is 1. The van der Waals surface area contributed by atoms with Crippen molar-refractivity contribution < 1.29 is 14.6 Å². The Morgan fingerprint density at radius 3 is 2.65 bits per heavy atom. The van der Waals surface area contributed by atoms with Gasteiger partial charge in [0.25, 0.3) is 5.91 Å². The number of ether oxygens (including phenoxy) is 1. The van der Waals surface area contributed by atoms with E-state index in [0.29, 0.717) is 18.7 Å². The van der Waals surface area contributed by atoms with Gasteiger partial charge in [0.2, 0.25) is 0 Å². The average molecular weight is 622 g/mol. The number of piperazine rings is 1. The van der Waals surface area contributed by atoms with E-state index in [0.717, 1.165) is 55.0 Å². The van der Waals surface area contributed by atoms with Gasteiger partial charge < -0.3 is 24.6 Å². The molecule has 8 nitrogen and oxygen atoms in total. The minimum atomic E-state index is -1.10. The number of thiazole rings is 1. The summed E-state index contributed by atoms with van der Waals surface area (Å²) in [6.45, 7) is 4.26. The molecular formula is C33H40ClN5O3S. The molecular weight excluding hydrogens is 582 g/mol. The highest BCUT2D eigenvalue weighted by Gasteiger charge is 2.43. The number of aromatic nitrogens is 3. The number of rotatable bonds is 9. The van der Waals surface area contributed by atoms with Crippen LogP contribution in [-0.4, -0.2) is 68.3 Å². The summed E-state index contributed by atoms with van der Waals surface area (Å²) in [7, 11) is 0. The van der Waals surface area contributed by atoms with Gasteiger partial charge in [-0.1, -0.05) is 73.5 Å². The summed E-state index contributed by atoms with van der Waals surface area (Å²) in [4.78, 5) is 25.5. The maximum atomic E-state index is 14.3. The zero-order valence-corrected chi connectivity index (χ0v) is 26.1. The summed E-state index contributed by atoms with van der Waals surface area (Å²) in [5.74, 6) is -0.0666. The summed E-state index contributed by atoms with van der Waals surface area (Å²) in [6.07, 6.45) is 7.41. The van der Waals surface area contributed by atoms with Gasteiger partial charge in [-0.25, -0.2) is 9.97 Å². The molecule has 1 saturated carbocycles. The largest absolute Gasteiger partial charge is 0.385 e. The fourth-order valence-corrected chi connectivity index (χ4v) is 7.06. The first kappa shape index (κ1) is 31.3. The summed E-state index contributed by atoms with van der Waals surface area (Å²) >= 11 is 1.55. The molecule has 2 aliphatic rings. The lowest BCUT2D eigenvalue weighted by Crippen LogP contribution is -2.54. The molecule has 2 fully saturated rings. The van der Waals surface area contributed by atoms with Gasteiger partial charge in [0, 0.05) is 42.8 Å². The van der Waals surface area contributed by atoms with Crippen molar-refractivity contribution >= 4 is 29.7 Å². The Labute approximate surface area is 263 Å². The smallest absolute Gasteiger partial charge is 0.275 e. The Bertz CT molecular complexity index is 1450. The lowest BCUT2D eigenvalue weighted by atomic mass is 9.80. The van der Waals surface area contributed by atoms with E-state index in [1.165, 1.54) is 5.56 Å². The predicted octanol–water partition coefficient (Wildman–Crippen LogP) is 5.71. The van der Waals surface area contributed by atoms with Crippen LogP contribution in [0.5, 0.6) is 0 Å². The van der Waals surface area contributed by atoms with Crippen molar-refractivity contribution in [1.82, 2.24) is 24.8 Å². The Kier molecular flexibility index (Phi) is 10.3. The molecule has 4 aromatic rings. The first-order valence-corrected chi connectivity index (χ1v) is 15.8. The normalized spacial score (nSPS) is 23.0. The maximum Gasteiger partial charge on any atom is 0.275 e. The second-order valence-electron chi connectivity index (χ2n) is 11.5. The molecule has 10 heteroatoms. The molecule has 1 aliphatic carbocycles. The molecule has 1 amide bonds. The highest BCUT2D eigenvalue weighted by Crippen LogP contribution is 2.42. The van der Waals surface area contributed by atoms with E-state index in [-0.39, 0.29) is 43.1 Å². The van der Waals surface area contributed by atoms with Crippen molar-refractivity contribution in [2.75, 3.05) is 26.2 Å². The van der Waals surface area contributed by atoms with E-state index >= 15 is 0 Å². The molecule has 2 N–H and O–H groups in total. The van der Waals surface area contributed by atoms with Crippen LogP contribution in [0.3, 0.4) is 0 Å². The topological polar surface area (TPSA) is 92.5 Å². The van der Waals surface area contributed by atoms with Gasteiger partial charge in [0.15, 0.2) is 5.69 Å². The summed E-state index contributed by atoms with van der Waals surface area (Å²) in [5, 5.41) is 18.4. The van der Waals surface area contributed by atoms with E-state index < -0.39 is 5.60 Å². The van der Waals surface area contributed by atoms with Crippen LogP contribution in [0.15, 0.2) is 78.6 Å². The van der Waals surface area contributed by atoms with Gasteiger partial charge in [0.1, 0.15) is 16.7 Å². The SMILES string of the molecule is CC(OC[C@@]1(O)CCCC[C@@H]1n1cnc(C(=O)N2CCNC[C@H]2Cc2ccccc2)c1-c1ccccc1)c1nccs1.Cl. The zero-order valence-electron chi connectivity index (χ0n) is 24.5. The fraction of sp³-hybridized carbons (Fsp3) is 0.424. The lowest BCUT2D eigenvalue weighted by molar-refractivity contribution is -0.115. The van der Waals surface area contributed by atoms with Gasteiger partial charge in [-0.2, -0.15) is 0 Å². The highest BCUT2D eigenvalue weighted by molar-refractivity contribution is 7.09. The third kappa shape index (κ3) is 6.86. The Balaban J connectivity index is 0.00000368. The van der Waals surface area contributed by atoms with Crippen LogP contribution < -0.4 is 5.32 Å². The molecule has 0 spiro atoms. The first-order valence-electron chi connectivity index (χ1n) is 14.9. The zero-order chi connectivity index (χ0) is 28.9. The number of carbonyl (C=O) groups is 1. The van der Waals surface area contributed by atoms with Crippen molar-refractivity contribution in [1.29, 1.82) is 0 Å². The van der Waals surface area contributed by atoms with Crippen LogP contribution in [0, 0.1) is 0 Å². The van der Waals surface area contributed by atoms with Crippen molar-refractivity contribution in [3.63, 3.8) is 0 Å². The first-order chi connectivity index (χ1) is 20.5. The molecule has 0 radical (unpaired) electrons. The van der Waals surface area contributed by atoms with Crippen LogP contribution in [-0.2, 0) is 11.2 Å². The lowest BCUT2D eigenvalue weighted by Gasteiger charge is -2.41. The summed E-state index contributed by atoms with van der Waals surface area (Å²) < 4.78 is 8.28. The van der Waals surface area contributed by atoms with Crippen molar-refractivity contribution in [3.8, 4) is 11.3 Å². The third-order valence-electron chi connectivity index (χ3n) is 8.64. The van der Waals surface area contributed by atoms with E-state index in [9.17, 15) is 9.90 Å². The van der Waals surface area contributed by atoms with E-state index in [1.807, 2.05) is 70.3 Å². The van der Waals surface area contributed by atoms with Crippen molar-refractivity contribution in [3.05, 3.63) is 94.8 Å². The minimum absolute atomic E-state index is 0. The number of benzene rings is 2. The Morgan fingerprint density at radius 1 is 1.14 bits per heavy atom.